The molecule has 0 saturated heterocycles. The van der Waals surface area contributed by atoms with Crippen molar-refractivity contribution < 1.29 is 28.5 Å². The van der Waals surface area contributed by atoms with Gasteiger partial charge >= 0.3 is 5.97 Å². The zero-order valence-electron chi connectivity index (χ0n) is 17.4. The Morgan fingerprint density at radius 3 is 2.63 bits per heavy atom. The fourth-order valence-corrected chi connectivity index (χ4v) is 2.83. The Balaban J connectivity index is 1.67. The Morgan fingerprint density at radius 1 is 1.13 bits per heavy atom. The summed E-state index contributed by atoms with van der Waals surface area (Å²) >= 11 is 0. The number of fused-ring (bicyclic) bond motifs is 1. The first-order valence-electron chi connectivity index (χ1n) is 9.49. The van der Waals surface area contributed by atoms with Gasteiger partial charge in [0.1, 0.15) is 22.8 Å². The van der Waals surface area contributed by atoms with Gasteiger partial charge in [-0.05, 0) is 45.0 Å². The number of hydrogen-bond acceptors (Lipinski definition) is 6. The molecule has 0 bridgehead atoms. The number of rotatable bonds is 6. The Hall–Kier alpha value is -3.54. The van der Waals surface area contributed by atoms with Crippen LogP contribution in [-0.4, -0.2) is 31.1 Å². The zero-order chi connectivity index (χ0) is 21.7. The monoisotopic (exact) mass is 408 g/mol. The van der Waals surface area contributed by atoms with Gasteiger partial charge in [-0.3, -0.25) is 4.79 Å². The summed E-state index contributed by atoms with van der Waals surface area (Å²) in [5.74, 6) is 1.06. The number of ether oxygens (including phenoxy) is 4. The largest absolute Gasteiger partial charge is 0.496 e. The van der Waals surface area contributed by atoms with Gasteiger partial charge in [0, 0.05) is 11.6 Å². The van der Waals surface area contributed by atoms with Gasteiger partial charge in [0.15, 0.2) is 12.4 Å². The third-order valence-electron chi connectivity index (χ3n) is 4.08. The van der Waals surface area contributed by atoms with Gasteiger partial charge in [-0.15, -0.1) is 0 Å². The molecule has 0 amide bonds. The lowest BCUT2D eigenvalue weighted by atomic mass is 10.1. The summed E-state index contributed by atoms with van der Waals surface area (Å²) < 4.78 is 21.6. The minimum Gasteiger partial charge on any atom is -0.496 e. The molecule has 1 aliphatic heterocycles. The van der Waals surface area contributed by atoms with Crippen molar-refractivity contribution in [2.24, 2.45) is 0 Å². The van der Waals surface area contributed by atoms with E-state index in [1.807, 2.05) is 30.3 Å². The average molecular weight is 408 g/mol. The van der Waals surface area contributed by atoms with Crippen molar-refractivity contribution in [3.05, 3.63) is 71.5 Å². The van der Waals surface area contributed by atoms with E-state index in [0.29, 0.717) is 17.1 Å². The first-order chi connectivity index (χ1) is 14.3. The molecule has 2 aromatic rings. The smallest absolute Gasteiger partial charge is 0.344 e. The lowest BCUT2D eigenvalue weighted by Gasteiger charge is -2.19. The summed E-state index contributed by atoms with van der Waals surface area (Å²) in [6.07, 6.45) is 5.17. The second kappa shape index (κ2) is 8.86. The van der Waals surface area contributed by atoms with Crippen molar-refractivity contribution in [2.75, 3.05) is 13.7 Å². The third kappa shape index (κ3) is 5.29. The van der Waals surface area contributed by atoms with Gasteiger partial charge in [0.2, 0.25) is 5.78 Å². The molecule has 2 aromatic carbocycles. The average Bonchev–Trinajstić information content (AvgIpc) is 3.00. The van der Waals surface area contributed by atoms with Crippen molar-refractivity contribution in [1.29, 1.82) is 0 Å². The summed E-state index contributed by atoms with van der Waals surface area (Å²) in [5, 5.41) is 0. The standard InChI is InChI=1S/C24H24O6/c1-24(2,3)30-22(25)15-28-17-12-13-18-21(14-17)29-20(23(18)26)11-7-9-16-8-5-6-10-19(16)27-4/h5-14H,15H2,1-4H3/b9-7+,20-11-. The minimum atomic E-state index is -0.578. The minimum absolute atomic E-state index is 0.209. The lowest BCUT2D eigenvalue weighted by molar-refractivity contribution is -0.157. The number of Topliss-reactive ketones (excluding diaryl/α,β-unsaturated/α-hetero) is 1. The van der Waals surface area contributed by atoms with E-state index in [1.54, 1.807) is 58.2 Å². The number of methoxy groups -OCH3 is 1. The highest BCUT2D eigenvalue weighted by Gasteiger charge is 2.27. The predicted octanol–water partition coefficient (Wildman–Crippen LogP) is 4.59. The molecule has 30 heavy (non-hydrogen) atoms. The number of esters is 1. The molecular formula is C24H24O6. The van der Waals surface area contributed by atoms with Crippen LogP contribution in [0.2, 0.25) is 0 Å². The topological polar surface area (TPSA) is 71.1 Å². The second-order valence-corrected chi connectivity index (χ2v) is 7.60. The fourth-order valence-electron chi connectivity index (χ4n) is 2.83. The Morgan fingerprint density at radius 2 is 1.90 bits per heavy atom. The van der Waals surface area contributed by atoms with E-state index >= 15 is 0 Å². The van der Waals surface area contributed by atoms with Crippen molar-refractivity contribution in [3.8, 4) is 17.2 Å². The third-order valence-corrected chi connectivity index (χ3v) is 4.08. The van der Waals surface area contributed by atoms with Crippen molar-refractivity contribution >= 4 is 17.8 Å². The van der Waals surface area contributed by atoms with E-state index < -0.39 is 11.6 Å². The van der Waals surface area contributed by atoms with E-state index in [1.165, 1.54) is 0 Å². The van der Waals surface area contributed by atoms with Crippen molar-refractivity contribution in [2.45, 2.75) is 26.4 Å². The molecule has 1 heterocycles. The molecule has 0 aromatic heterocycles. The number of para-hydroxylation sites is 1. The number of carbonyl (C=O) groups is 2. The van der Waals surface area contributed by atoms with Gasteiger partial charge in [0.25, 0.3) is 0 Å². The van der Waals surface area contributed by atoms with Crippen molar-refractivity contribution in [1.82, 2.24) is 0 Å². The number of carbonyl (C=O) groups excluding carboxylic acids is 2. The van der Waals surface area contributed by atoms with E-state index in [4.69, 9.17) is 18.9 Å². The molecule has 0 radical (unpaired) electrons. The van der Waals surface area contributed by atoms with Crippen LogP contribution < -0.4 is 14.2 Å². The van der Waals surface area contributed by atoms with Crippen LogP contribution in [0, 0.1) is 0 Å². The van der Waals surface area contributed by atoms with Crippen LogP contribution in [0.1, 0.15) is 36.7 Å². The summed E-state index contributed by atoms with van der Waals surface area (Å²) in [6.45, 7) is 5.14. The highest BCUT2D eigenvalue weighted by atomic mass is 16.6. The molecule has 6 nitrogen and oxygen atoms in total. The molecule has 156 valence electrons. The van der Waals surface area contributed by atoms with E-state index in [-0.39, 0.29) is 18.1 Å². The second-order valence-electron chi connectivity index (χ2n) is 7.60. The normalized spacial score (nSPS) is 14.5. The summed E-state index contributed by atoms with van der Waals surface area (Å²) in [6, 6.07) is 12.4. The van der Waals surface area contributed by atoms with Crippen molar-refractivity contribution in [3.63, 3.8) is 0 Å². The summed E-state index contributed by atoms with van der Waals surface area (Å²) in [5.41, 5.74) is 0.749. The van der Waals surface area contributed by atoms with Crippen LogP contribution in [0.5, 0.6) is 17.2 Å². The van der Waals surface area contributed by atoms with Crippen LogP contribution in [0.25, 0.3) is 6.08 Å². The van der Waals surface area contributed by atoms with Gasteiger partial charge in [-0.2, -0.15) is 0 Å². The molecular weight excluding hydrogens is 384 g/mol. The van der Waals surface area contributed by atoms with Crippen LogP contribution in [0.4, 0.5) is 0 Å². The fraction of sp³-hybridized carbons (Fsp3) is 0.250. The molecule has 0 N–H and O–H groups in total. The number of hydrogen-bond donors (Lipinski definition) is 0. The molecule has 0 spiro atoms. The van der Waals surface area contributed by atoms with Crippen LogP contribution in [-0.2, 0) is 9.53 Å². The first-order valence-corrected chi connectivity index (χ1v) is 9.49. The highest BCUT2D eigenvalue weighted by Crippen LogP contribution is 2.34. The van der Waals surface area contributed by atoms with Gasteiger partial charge in [0.05, 0.1) is 12.7 Å². The Labute approximate surface area is 175 Å². The number of ketones is 1. The molecule has 0 fully saturated rings. The SMILES string of the molecule is COc1ccccc1/C=C/C=C1\Oc2cc(OCC(=O)OC(C)(C)C)ccc2C1=O. The summed E-state index contributed by atoms with van der Waals surface area (Å²) in [4.78, 5) is 24.3. The van der Waals surface area contributed by atoms with Crippen LogP contribution in [0.3, 0.4) is 0 Å². The molecule has 0 aliphatic carbocycles. The van der Waals surface area contributed by atoms with Gasteiger partial charge in [-0.1, -0.05) is 30.4 Å². The first kappa shape index (κ1) is 21.2. The zero-order valence-corrected chi connectivity index (χ0v) is 17.4. The van der Waals surface area contributed by atoms with Gasteiger partial charge in [-0.25, -0.2) is 4.79 Å². The highest BCUT2D eigenvalue weighted by molar-refractivity contribution is 6.12. The Kier molecular flexibility index (Phi) is 6.26. The molecule has 0 unspecified atom stereocenters. The van der Waals surface area contributed by atoms with E-state index in [2.05, 4.69) is 0 Å². The van der Waals surface area contributed by atoms with Gasteiger partial charge < -0.3 is 18.9 Å². The lowest BCUT2D eigenvalue weighted by Crippen LogP contribution is -2.27. The molecule has 0 saturated carbocycles. The maximum absolute atomic E-state index is 12.5. The van der Waals surface area contributed by atoms with Crippen LogP contribution >= 0.6 is 0 Å². The maximum Gasteiger partial charge on any atom is 0.344 e. The molecule has 6 heteroatoms. The maximum atomic E-state index is 12.5. The van der Waals surface area contributed by atoms with E-state index in [9.17, 15) is 9.59 Å². The Bertz CT molecular complexity index is 1010. The number of allylic oxidation sites excluding steroid dienone is 3. The molecule has 3 rings (SSSR count). The van der Waals surface area contributed by atoms with Crippen LogP contribution in [0.15, 0.2) is 60.4 Å². The molecule has 0 atom stereocenters. The predicted molar refractivity (Wildman–Crippen MR) is 113 cm³/mol. The number of benzene rings is 2. The van der Waals surface area contributed by atoms with E-state index in [0.717, 1.165) is 11.3 Å². The molecule has 1 aliphatic rings. The summed E-state index contributed by atoms with van der Waals surface area (Å²) in [7, 11) is 1.61. The quantitative estimate of drug-likeness (QED) is 0.514.